The summed E-state index contributed by atoms with van der Waals surface area (Å²) in [5.41, 5.74) is 0.849. The summed E-state index contributed by atoms with van der Waals surface area (Å²) in [4.78, 5) is 0.221. The zero-order valence-corrected chi connectivity index (χ0v) is 10.3. The Morgan fingerprint density at radius 3 is 2.56 bits per heavy atom. The molecule has 88 valence electrons. The Balaban J connectivity index is 2.36. The van der Waals surface area contributed by atoms with Gasteiger partial charge in [-0.1, -0.05) is 17.7 Å². The van der Waals surface area contributed by atoms with Gasteiger partial charge in [0.15, 0.2) is 9.84 Å². The van der Waals surface area contributed by atoms with E-state index in [0.29, 0.717) is 6.42 Å². The maximum Gasteiger partial charge on any atom is 0.182 e. The van der Waals surface area contributed by atoms with Crippen molar-refractivity contribution in [1.82, 2.24) is 0 Å². The van der Waals surface area contributed by atoms with E-state index in [1.54, 1.807) is 18.2 Å². The van der Waals surface area contributed by atoms with Crippen LogP contribution in [0.1, 0.15) is 18.4 Å². The molecule has 0 saturated heterocycles. The molecule has 1 fully saturated rings. The number of halogens is 1. The van der Waals surface area contributed by atoms with Crippen LogP contribution in [0.5, 0.6) is 0 Å². The lowest BCUT2D eigenvalue weighted by Gasteiger charge is -2.07. The Bertz CT molecular complexity index is 492. The van der Waals surface area contributed by atoms with Crippen LogP contribution in [0.2, 0.25) is 5.02 Å². The summed E-state index contributed by atoms with van der Waals surface area (Å²) in [5, 5.41) is 8.80. The van der Waals surface area contributed by atoms with Crippen LogP contribution in [0.15, 0.2) is 23.1 Å². The second-order valence-electron chi connectivity index (χ2n) is 3.98. The second kappa shape index (κ2) is 4.35. The molecule has 5 heteroatoms. The first-order valence-corrected chi connectivity index (χ1v) is 7.11. The molecule has 0 amide bonds. The molecule has 16 heavy (non-hydrogen) atoms. The third kappa shape index (κ3) is 2.24. The van der Waals surface area contributed by atoms with E-state index in [9.17, 15) is 8.42 Å². The highest BCUT2D eigenvalue weighted by atomic mass is 35.5. The highest BCUT2D eigenvalue weighted by Crippen LogP contribution is 2.36. The van der Waals surface area contributed by atoms with Gasteiger partial charge in [-0.15, -0.1) is 0 Å². The highest BCUT2D eigenvalue weighted by molar-refractivity contribution is 7.92. The number of aliphatic hydroxyl groups is 1. The Hall–Kier alpha value is -0.580. The first-order chi connectivity index (χ1) is 7.55. The molecule has 0 spiro atoms. The van der Waals surface area contributed by atoms with Gasteiger partial charge in [0.2, 0.25) is 0 Å². The number of hydrogen-bond donors (Lipinski definition) is 1. The summed E-state index contributed by atoms with van der Waals surface area (Å²) in [6, 6.07) is 4.87. The third-order valence-corrected chi connectivity index (χ3v) is 5.41. The van der Waals surface area contributed by atoms with Crippen LogP contribution in [0.25, 0.3) is 0 Å². The van der Waals surface area contributed by atoms with Crippen LogP contribution in [0, 0.1) is 0 Å². The van der Waals surface area contributed by atoms with Crippen molar-refractivity contribution in [2.24, 2.45) is 0 Å². The smallest absolute Gasteiger partial charge is 0.182 e. The van der Waals surface area contributed by atoms with Gasteiger partial charge in [-0.2, -0.15) is 0 Å². The third-order valence-electron chi connectivity index (χ3n) is 2.67. The fourth-order valence-corrected chi connectivity index (χ4v) is 3.85. The van der Waals surface area contributed by atoms with Gasteiger partial charge >= 0.3 is 0 Å². The van der Waals surface area contributed by atoms with Crippen LogP contribution in [-0.4, -0.2) is 25.4 Å². The highest BCUT2D eigenvalue weighted by Gasteiger charge is 2.37. The molecule has 1 N–H and O–H groups in total. The zero-order valence-electron chi connectivity index (χ0n) is 8.69. The zero-order chi connectivity index (χ0) is 11.8. The van der Waals surface area contributed by atoms with Crippen LogP contribution in [-0.2, 0) is 16.3 Å². The van der Waals surface area contributed by atoms with Gasteiger partial charge in [-0.3, -0.25) is 0 Å². The van der Waals surface area contributed by atoms with Crippen LogP contribution in [0.4, 0.5) is 0 Å². The molecule has 1 aliphatic rings. The quantitative estimate of drug-likeness (QED) is 0.898. The van der Waals surface area contributed by atoms with E-state index in [-0.39, 0.29) is 21.8 Å². The molecule has 0 heterocycles. The van der Waals surface area contributed by atoms with Gasteiger partial charge in [0.05, 0.1) is 15.2 Å². The summed E-state index contributed by atoms with van der Waals surface area (Å²) in [5.74, 6) is 0. The van der Waals surface area contributed by atoms with Crippen molar-refractivity contribution in [2.45, 2.75) is 29.4 Å². The van der Waals surface area contributed by atoms with E-state index in [1.165, 1.54) is 0 Å². The van der Waals surface area contributed by atoms with Crippen molar-refractivity contribution in [3.05, 3.63) is 28.8 Å². The Labute approximate surface area is 100.0 Å². The fraction of sp³-hybridized carbons (Fsp3) is 0.455. The minimum Gasteiger partial charge on any atom is -0.396 e. The maximum absolute atomic E-state index is 12.0. The predicted molar refractivity (Wildman–Crippen MR) is 62.4 cm³/mol. The molecule has 0 aromatic heterocycles. The van der Waals surface area contributed by atoms with Gasteiger partial charge < -0.3 is 5.11 Å². The molecular weight excluding hydrogens is 248 g/mol. The minimum atomic E-state index is -3.22. The van der Waals surface area contributed by atoms with Crippen molar-refractivity contribution in [3.8, 4) is 0 Å². The average molecular weight is 261 g/mol. The predicted octanol–water partition coefficient (Wildman–Crippen LogP) is 1.81. The van der Waals surface area contributed by atoms with Crippen molar-refractivity contribution in [2.75, 3.05) is 6.61 Å². The van der Waals surface area contributed by atoms with Crippen molar-refractivity contribution < 1.29 is 13.5 Å². The summed E-state index contributed by atoms with van der Waals surface area (Å²) < 4.78 is 23.9. The summed E-state index contributed by atoms with van der Waals surface area (Å²) in [6.45, 7) is 0.0328. The van der Waals surface area contributed by atoms with E-state index in [1.807, 2.05) is 0 Å². The lowest BCUT2D eigenvalue weighted by Crippen LogP contribution is -2.08. The molecule has 0 bridgehead atoms. The molecule has 1 saturated carbocycles. The van der Waals surface area contributed by atoms with Gasteiger partial charge in [0, 0.05) is 6.61 Å². The Kier molecular flexibility index (Phi) is 3.24. The standard InChI is InChI=1S/C11H13ClO3S/c12-10-7-8(5-6-13)1-4-11(10)16(14,15)9-2-3-9/h1,4,7,9,13H,2-3,5-6H2. The second-order valence-corrected chi connectivity index (χ2v) is 6.59. The van der Waals surface area contributed by atoms with E-state index in [2.05, 4.69) is 0 Å². The Morgan fingerprint density at radius 1 is 1.38 bits per heavy atom. The molecular formula is C11H13ClO3S. The van der Waals surface area contributed by atoms with Crippen molar-refractivity contribution >= 4 is 21.4 Å². The maximum atomic E-state index is 12.0. The molecule has 2 rings (SSSR count). The minimum absolute atomic E-state index is 0.0328. The number of aliphatic hydroxyl groups excluding tert-OH is 1. The summed E-state index contributed by atoms with van der Waals surface area (Å²) in [6.07, 6.45) is 1.96. The van der Waals surface area contributed by atoms with Crippen LogP contribution in [0.3, 0.4) is 0 Å². The van der Waals surface area contributed by atoms with Crippen molar-refractivity contribution in [3.63, 3.8) is 0 Å². The monoisotopic (exact) mass is 260 g/mol. The van der Waals surface area contributed by atoms with E-state index < -0.39 is 9.84 Å². The lowest BCUT2D eigenvalue weighted by atomic mass is 10.2. The molecule has 0 atom stereocenters. The largest absolute Gasteiger partial charge is 0.396 e. The normalized spacial score (nSPS) is 16.4. The Morgan fingerprint density at radius 2 is 2.06 bits per heavy atom. The van der Waals surface area contributed by atoms with Gasteiger partial charge in [-0.05, 0) is 37.0 Å². The van der Waals surface area contributed by atoms with Crippen molar-refractivity contribution in [1.29, 1.82) is 0 Å². The topological polar surface area (TPSA) is 54.4 Å². The van der Waals surface area contributed by atoms with Gasteiger partial charge in [0.1, 0.15) is 0 Å². The molecule has 3 nitrogen and oxygen atoms in total. The van der Waals surface area contributed by atoms with Crippen LogP contribution < -0.4 is 0 Å². The number of benzene rings is 1. The molecule has 0 aliphatic heterocycles. The molecule has 1 aromatic rings. The SMILES string of the molecule is O=S(=O)(c1ccc(CCO)cc1Cl)C1CC1. The fourth-order valence-electron chi connectivity index (χ4n) is 1.62. The first-order valence-electron chi connectivity index (χ1n) is 5.19. The molecule has 1 aromatic carbocycles. The number of hydrogen-bond acceptors (Lipinski definition) is 3. The lowest BCUT2D eigenvalue weighted by molar-refractivity contribution is 0.299. The molecule has 0 unspecified atom stereocenters. The average Bonchev–Trinajstić information content (AvgIpc) is 3.00. The van der Waals surface area contributed by atoms with Gasteiger partial charge in [-0.25, -0.2) is 8.42 Å². The van der Waals surface area contributed by atoms with Crippen LogP contribution >= 0.6 is 11.6 Å². The van der Waals surface area contributed by atoms with Gasteiger partial charge in [0.25, 0.3) is 0 Å². The van der Waals surface area contributed by atoms with E-state index >= 15 is 0 Å². The van der Waals surface area contributed by atoms with E-state index in [0.717, 1.165) is 18.4 Å². The molecule has 1 aliphatic carbocycles. The first kappa shape index (κ1) is 11.9. The number of rotatable bonds is 4. The molecule has 0 radical (unpaired) electrons. The summed E-state index contributed by atoms with van der Waals surface area (Å²) >= 11 is 5.96. The summed E-state index contributed by atoms with van der Waals surface area (Å²) in [7, 11) is -3.22. The van der Waals surface area contributed by atoms with E-state index in [4.69, 9.17) is 16.7 Å². The number of sulfone groups is 1.